The van der Waals surface area contributed by atoms with Gasteiger partial charge in [-0.1, -0.05) is 37.3 Å². The molecule has 2 rings (SSSR count). The fraction of sp³-hybridized carbons (Fsp3) is 0.278. The summed E-state index contributed by atoms with van der Waals surface area (Å²) in [6.07, 6.45) is 0.689. The highest BCUT2D eigenvalue weighted by Gasteiger charge is 2.30. The van der Waals surface area contributed by atoms with Gasteiger partial charge in [-0.3, -0.25) is 14.9 Å². The van der Waals surface area contributed by atoms with Crippen molar-refractivity contribution in [3.63, 3.8) is 0 Å². The number of nitrogens with one attached hydrogen (secondary N) is 1. The van der Waals surface area contributed by atoms with E-state index >= 15 is 0 Å². The van der Waals surface area contributed by atoms with Crippen LogP contribution in [-0.2, 0) is 10.3 Å². The topological polar surface area (TPSA) is 81.5 Å². The van der Waals surface area contributed by atoms with Gasteiger partial charge in [-0.05, 0) is 24.1 Å². The second-order valence-corrected chi connectivity index (χ2v) is 5.40. The van der Waals surface area contributed by atoms with E-state index in [4.69, 9.17) is 4.74 Å². The van der Waals surface area contributed by atoms with Crippen LogP contribution in [-0.4, -0.2) is 24.5 Å². The lowest BCUT2D eigenvalue weighted by Crippen LogP contribution is -2.41. The lowest BCUT2D eigenvalue weighted by Gasteiger charge is -2.32. The van der Waals surface area contributed by atoms with E-state index in [1.54, 1.807) is 7.11 Å². The molecule has 0 aliphatic carbocycles. The van der Waals surface area contributed by atoms with Gasteiger partial charge in [0.2, 0.25) is 0 Å². The molecule has 0 aromatic heterocycles. The predicted molar refractivity (Wildman–Crippen MR) is 90.8 cm³/mol. The molecule has 24 heavy (non-hydrogen) atoms. The maximum atomic E-state index is 12.3. The van der Waals surface area contributed by atoms with Crippen molar-refractivity contribution in [3.8, 4) is 0 Å². The van der Waals surface area contributed by atoms with E-state index in [9.17, 15) is 14.9 Å². The molecule has 0 aliphatic heterocycles. The van der Waals surface area contributed by atoms with E-state index in [1.165, 1.54) is 24.3 Å². The summed E-state index contributed by atoms with van der Waals surface area (Å²) in [7, 11) is 1.62. The number of hydrogen-bond donors (Lipinski definition) is 1. The van der Waals surface area contributed by atoms with Crippen LogP contribution in [0.2, 0.25) is 0 Å². The molecule has 0 saturated carbocycles. The molecule has 1 N–H and O–H groups in total. The Morgan fingerprint density at radius 2 is 1.79 bits per heavy atom. The van der Waals surface area contributed by atoms with Crippen LogP contribution in [0.3, 0.4) is 0 Å². The van der Waals surface area contributed by atoms with E-state index in [2.05, 4.69) is 5.32 Å². The van der Waals surface area contributed by atoms with Gasteiger partial charge in [0.1, 0.15) is 5.60 Å². The first-order valence-electron chi connectivity index (χ1n) is 7.66. The summed E-state index contributed by atoms with van der Waals surface area (Å²) in [4.78, 5) is 22.5. The van der Waals surface area contributed by atoms with Gasteiger partial charge in [0.05, 0.1) is 11.5 Å². The fourth-order valence-corrected chi connectivity index (χ4v) is 2.57. The Morgan fingerprint density at radius 3 is 2.29 bits per heavy atom. The van der Waals surface area contributed by atoms with Crippen molar-refractivity contribution in [2.45, 2.75) is 18.9 Å². The third-order valence-electron chi connectivity index (χ3n) is 4.14. The Balaban J connectivity index is 2.12. The molecular formula is C18H20N2O4. The van der Waals surface area contributed by atoms with Crippen LogP contribution >= 0.6 is 0 Å². The first-order valence-corrected chi connectivity index (χ1v) is 7.66. The zero-order chi connectivity index (χ0) is 17.6. The summed E-state index contributed by atoms with van der Waals surface area (Å²) in [6.45, 7) is 2.30. The van der Waals surface area contributed by atoms with E-state index in [0.29, 0.717) is 18.5 Å². The van der Waals surface area contributed by atoms with Crippen molar-refractivity contribution >= 4 is 11.6 Å². The van der Waals surface area contributed by atoms with Crippen molar-refractivity contribution < 1.29 is 14.5 Å². The molecule has 0 heterocycles. The number of nitro groups is 1. The first kappa shape index (κ1) is 17.6. The highest BCUT2D eigenvalue weighted by atomic mass is 16.6. The van der Waals surface area contributed by atoms with E-state index in [0.717, 1.165) is 5.56 Å². The van der Waals surface area contributed by atoms with Gasteiger partial charge in [-0.25, -0.2) is 0 Å². The first-order chi connectivity index (χ1) is 11.5. The highest BCUT2D eigenvalue weighted by Crippen LogP contribution is 2.28. The van der Waals surface area contributed by atoms with Gasteiger partial charge in [-0.2, -0.15) is 0 Å². The van der Waals surface area contributed by atoms with Crippen LogP contribution < -0.4 is 5.32 Å². The number of carbonyl (C=O) groups is 1. The Bertz CT molecular complexity index is 695. The number of nitrogens with zero attached hydrogens (tertiary/aromatic N) is 1. The minimum absolute atomic E-state index is 0.0457. The third kappa shape index (κ3) is 3.78. The lowest BCUT2D eigenvalue weighted by molar-refractivity contribution is -0.384. The third-order valence-corrected chi connectivity index (χ3v) is 4.14. The number of benzene rings is 2. The average Bonchev–Trinajstić information content (AvgIpc) is 2.63. The van der Waals surface area contributed by atoms with Gasteiger partial charge in [0, 0.05) is 24.8 Å². The van der Waals surface area contributed by atoms with Gasteiger partial charge in [0.25, 0.3) is 11.6 Å². The van der Waals surface area contributed by atoms with Gasteiger partial charge in [0.15, 0.2) is 0 Å². The maximum Gasteiger partial charge on any atom is 0.269 e. The monoisotopic (exact) mass is 328 g/mol. The van der Waals surface area contributed by atoms with Crippen LogP contribution in [0, 0.1) is 10.1 Å². The number of nitro benzene ring substituents is 1. The second kappa shape index (κ2) is 7.70. The molecule has 0 aliphatic rings. The van der Waals surface area contributed by atoms with Gasteiger partial charge < -0.3 is 10.1 Å². The van der Waals surface area contributed by atoms with Crippen molar-refractivity contribution in [1.29, 1.82) is 0 Å². The molecular weight excluding hydrogens is 308 g/mol. The van der Waals surface area contributed by atoms with E-state index in [1.807, 2.05) is 37.3 Å². The normalized spacial score (nSPS) is 13.1. The van der Waals surface area contributed by atoms with Crippen LogP contribution in [0.1, 0.15) is 29.3 Å². The molecule has 0 bridgehead atoms. The highest BCUT2D eigenvalue weighted by molar-refractivity contribution is 5.94. The van der Waals surface area contributed by atoms with E-state index < -0.39 is 10.5 Å². The SMILES string of the molecule is CCC(CNC(=O)c1ccc([N+](=O)[O-])cc1)(OC)c1ccccc1. The van der Waals surface area contributed by atoms with Crippen LogP contribution in [0.15, 0.2) is 54.6 Å². The Hall–Kier alpha value is -2.73. The largest absolute Gasteiger partial charge is 0.372 e. The molecule has 126 valence electrons. The van der Waals surface area contributed by atoms with Crippen molar-refractivity contribution in [1.82, 2.24) is 5.32 Å². The Morgan fingerprint density at radius 1 is 1.17 bits per heavy atom. The number of rotatable bonds is 7. The average molecular weight is 328 g/mol. The number of non-ortho nitro benzene ring substituents is 1. The van der Waals surface area contributed by atoms with Crippen molar-refractivity contribution in [2.75, 3.05) is 13.7 Å². The number of hydrogen-bond acceptors (Lipinski definition) is 4. The van der Waals surface area contributed by atoms with E-state index in [-0.39, 0.29) is 11.6 Å². The smallest absolute Gasteiger partial charge is 0.269 e. The van der Waals surface area contributed by atoms with Crippen molar-refractivity contribution in [2.24, 2.45) is 0 Å². The van der Waals surface area contributed by atoms with Crippen LogP contribution in [0.4, 0.5) is 5.69 Å². The molecule has 1 atom stereocenters. The fourth-order valence-electron chi connectivity index (χ4n) is 2.57. The second-order valence-electron chi connectivity index (χ2n) is 5.40. The maximum absolute atomic E-state index is 12.3. The predicted octanol–water partition coefficient (Wildman–Crippen LogP) is 3.28. The summed E-state index contributed by atoms with van der Waals surface area (Å²) < 4.78 is 5.71. The molecule has 0 spiro atoms. The molecule has 0 radical (unpaired) electrons. The summed E-state index contributed by atoms with van der Waals surface area (Å²) in [6, 6.07) is 15.2. The quantitative estimate of drug-likeness (QED) is 0.625. The molecule has 2 aromatic rings. The molecule has 1 unspecified atom stereocenters. The van der Waals surface area contributed by atoms with Gasteiger partial charge in [-0.15, -0.1) is 0 Å². The minimum Gasteiger partial charge on any atom is -0.372 e. The number of methoxy groups -OCH3 is 1. The molecule has 0 saturated heterocycles. The molecule has 2 aromatic carbocycles. The zero-order valence-corrected chi connectivity index (χ0v) is 13.7. The summed E-state index contributed by atoms with van der Waals surface area (Å²) in [5.74, 6) is -0.296. The Kier molecular flexibility index (Phi) is 5.65. The zero-order valence-electron chi connectivity index (χ0n) is 13.7. The van der Waals surface area contributed by atoms with Gasteiger partial charge >= 0.3 is 0 Å². The molecule has 1 amide bonds. The minimum atomic E-state index is -0.613. The van der Waals surface area contributed by atoms with Crippen LogP contribution in [0.25, 0.3) is 0 Å². The molecule has 6 heteroatoms. The molecule has 6 nitrogen and oxygen atoms in total. The van der Waals surface area contributed by atoms with Crippen molar-refractivity contribution in [3.05, 3.63) is 75.8 Å². The Labute approximate surface area is 140 Å². The van der Waals surface area contributed by atoms with Crippen LogP contribution in [0.5, 0.6) is 0 Å². The molecule has 0 fully saturated rings. The number of ether oxygens (including phenoxy) is 1. The standard InChI is InChI=1S/C18H20N2O4/c1-3-18(24-2,15-7-5-4-6-8-15)13-19-17(21)14-9-11-16(12-10-14)20(22)23/h4-12H,3,13H2,1-2H3,(H,19,21). The summed E-state index contributed by atoms with van der Waals surface area (Å²) in [5, 5.41) is 13.5. The summed E-state index contributed by atoms with van der Waals surface area (Å²) in [5.41, 5.74) is 0.696. The summed E-state index contributed by atoms with van der Waals surface area (Å²) >= 11 is 0. The lowest BCUT2D eigenvalue weighted by atomic mass is 9.90. The number of carbonyl (C=O) groups excluding carboxylic acids is 1. The number of amides is 1.